The van der Waals surface area contributed by atoms with E-state index in [-0.39, 0.29) is 5.91 Å². The highest BCUT2D eigenvalue weighted by atomic mass is 16.1. The van der Waals surface area contributed by atoms with Gasteiger partial charge in [0, 0.05) is 12.6 Å². The van der Waals surface area contributed by atoms with Gasteiger partial charge in [-0.1, -0.05) is 49.7 Å². The molecule has 2 rings (SSSR count). The predicted octanol–water partition coefficient (Wildman–Crippen LogP) is 4.15. The minimum absolute atomic E-state index is 0.0409. The van der Waals surface area contributed by atoms with Crippen LogP contribution in [0.1, 0.15) is 41.3 Å². The SMILES string of the molecule is CNC(=O)c1cc(-c2ccc(C)cc2)cc(C(C)C)c1. The molecule has 0 saturated heterocycles. The Kier molecular flexibility index (Phi) is 4.23. The largest absolute Gasteiger partial charge is 0.355 e. The van der Waals surface area contributed by atoms with E-state index in [9.17, 15) is 4.79 Å². The lowest BCUT2D eigenvalue weighted by Crippen LogP contribution is -2.18. The van der Waals surface area contributed by atoms with Gasteiger partial charge in [-0.05, 0) is 41.7 Å². The van der Waals surface area contributed by atoms with Gasteiger partial charge in [-0.25, -0.2) is 0 Å². The fourth-order valence-corrected chi connectivity index (χ4v) is 2.17. The van der Waals surface area contributed by atoms with Crippen molar-refractivity contribution >= 4 is 5.91 Å². The molecule has 20 heavy (non-hydrogen) atoms. The monoisotopic (exact) mass is 267 g/mol. The van der Waals surface area contributed by atoms with Crippen LogP contribution in [0.5, 0.6) is 0 Å². The van der Waals surface area contributed by atoms with Gasteiger partial charge in [0.05, 0.1) is 0 Å². The van der Waals surface area contributed by atoms with Gasteiger partial charge in [0.2, 0.25) is 0 Å². The van der Waals surface area contributed by atoms with E-state index in [0.29, 0.717) is 11.5 Å². The Morgan fingerprint density at radius 1 is 1.00 bits per heavy atom. The minimum Gasteiger partial charge on any atom is -0.355 e. The summed E-state index contributed by atoms with van der Waals surface area (Å²) >= 11 is 0. The first-order valence-electron chi connectivity index (χ1n) is 6.95. The molecule has 0 saturated carbocycles. The van der Waals surface area contributed by atoms with Crippen molar-refractivity contribution in [2.45, 2.75) is 26.7 Å². The third kappa shape index (κ3) is 3.08. The van der Waals surface area contributed by atoms with Gasteiger partial charge in [0.15, 0.2) is 0 Å². The fraction of sp³-hybridized carbons (Fsp3) is 0.278. The molecule has 1 N–H and O–H groups in total. The second-order valence-corrected chi connectivity index (χ2v) is 5.44. The predicted molar refractivity (Wildman–Crippen MR) is 84.1 cm³/mol. The summed E-state index contributed by atoms with van der Waals surface area (Å²) in [5.74, 6) is 0.352. The summed E-state index contributed by atoms with van der Waals surface area (Å²) in [4.78, 5) is 11.9. The molecule has 0 bridgehead atoms. The summed E-state index contributed by atoms with van der Waals surface area (Å²) in [5, 5.41) is 2.70. The molecule has 0 atom stereocenters. The zero-order valence-electron chi connectivity index (χ0n) is 12.5. The topological polar surface area (TPSA) is 29.1 Å². The van der Waals surface area contributed by atoms with Crippen LogP contribution in [-0.2, 0) is 0 Å². The molecule has 2 heteroatoms. The number of benzene rings is 2. The molecule has 0 aromatic heterocycles. The Bertz CT molecular complexity index is 612. The Morgan fingerprint density at radius 2 is 1.65 bits per heavy atom. The summed E-state index contributed by atoms with van der Waals surface area (Å²) in [5.41, 5.74) is 5.37. The number of amides is 1. The van der Waals surface area contributed by atoms with E-state index in [1.54, 1.807) is 7.05 Å². The molecule has 0 heterocycles. The second kappa shape index (κ2) is 5.91. The van der Waals surface area contributed by atoms with Crippen molar-refractivity contribution < 1.29 is 4.79 Å². The zero-order valence-corrected chi connectivity index (χ0v) is 12.5. The lowest BCUT2D eigenvalue weighted by molar-refractivity contribution is 0.0963. The number of nitrogens with one attached hydrogen (secondary N) is 1. The highest BCUT2D eigenvalue weighted by Crippen LogP contribution is 2.26. The van der Waals surface area contributed by atoms with Gasteiger partial charge >= 0.3 is 0 Å². The van der Waals surface area contributed by atoms with E-state index in [1.807, 2.05) is 12.1 Å². The molecule has 0 aliphatic rings. The van der Waals surface area contributed by atoms with Gasteiger partial charge in [0.25, 0.3) is 5.91 Å². The van der Waals surface area contributed by atoms with Crippen LogP contribution in [0.15, 0.2) is 42.5 Å². The molecule has 104 valence electrons. The summed E-state index contributed by atoms with van der Waals surface area (Å²) < 4.78 is 0. The summed E-state index contributed by atoms with van der Waals surface area (Å²) in [7, 11) is 1.66. The quantitative estimate of drug-likeness (QED) is 0.889. The van der Waals surface area contributed by atoms with Crippen molar-refractivity contribution in [2.75, 3.05) is 7.05 Å². The second-order valence-electron chi connectivity index (χ2n) is 5.44. The average molecular weight is 267 g/mol. The van der Waals surface area contributed by atoms with Gasteiger partial charge < -0.3 is 5.32 Å². The van der Waals surface area contributed by atoms with Crippen molar-refractivity contribution in [3.63, 3.8) is 0 Å². The molecule has 2 aromatic rings. The number of aryl methyl sites for hydroxylation is 1. The van der Waals surface area contributed by atoms with E-state index in [0.717, 1.165) is 11.1 Å². The molecule has 0 fully saturated rings. The first-order chi connectivity index (χ1) is 9.51. The summed E-state index contributed by atoms with van der Waals surface area (Å²) in [6.07, 6.45) is 0. The first kappa shape index (κ1) is 14.3. The van der Waals surface area contributed by atoms with E-state index in [1.165, 1.54) is 11.1 Å². The van der Waals surface area contributed by atoms with Crippen LogP contribution < -0.4 is 5.32 Å². The molecule has 2 aromatic carbocycles. The molecule has 0 spiro atoms. The minimum atomic E-state index is -0.0409. The average Bonchev–Trinajstić information content (AvgIpc) is 2.46. The Balaban J connectivity index is 2.54. The smallest absolute Gasteiger partial charge is 0.251 e. The van der Waals surface area contributed by atoms with Crippen LogP contribution in [0.4, 0.5) is 0 Å². The molecule has 0 aliphatic heterocycles. The fourth-order valence-electron chi connectivity index (χ4n) is 2.17. The molecule has 1 amide bonds. The molecule has 0 aliphatic carbocycles. The van der Waals surface area contributed by atoms with E-state index in [4.69, 9.17) is 0 Å². The Hall–Kier alpha value is -2.09. The third-order valence-electron chi connectivity index (χ3n) is 3.50. The van der Waals surface area contributed by atoms with Crippen LogP contribution in [0, 0.1) is 6.92 Å². The molecule has 0 radical (unpaired) electrons. The lowest BCUT2D eigenvalue weighted by atomic mass is 9.94. The van der Waals surface area contributed by atoms with Crippen LogP contribution in [0.3, 0.4) is 0 Å². The number of carbonyl (C=O) groups excluding carboxylic acids is 1. The Morgan fingerprint density at radius 3 is 2.20 bits per heavy atom. The lowest BCUT2D eigenvalue weighted by Gasteiger charge is -2.12. The van der Waals surface area contributed by atoms with Crippen LogP contribution >= 0.6 is 0 Å². The number of hydrogen-bond donors (Lipinski definition) is 1. The maximum Gasteiger partial charge on any atom is 0.251 e. The summed E-state index contributed by atoms with van der Waals surface area (Å²) in [6.45, 7) is 6.36. The number of rotatable bonds is 3. The van der Waals surface area contributed by atoms with Gasteiger partial charge in [-0.2, -0.15) is 0 Å². The van der Waals surface area contributed by atoms with Crippen LogP contribution in [0.2, 0.25) is 0 Å². The number of carbonyl (C=O) groups is 1. The van der Waals surface area contributed by atoms with Gasteiger partial charge in [-0.3, -0.25) is 4.79 Å². The highest BCUT2D eigenvalue weighted by molar-refractivity contribution is 5.95. The van der Waals surface area contributed by atoms with Gasteiger partial charge in [0.1, 0.15) is 0 Å². The maximum atomic E-state index is 11.9. The van der Waals surface area contributed by atoms with Gasteiger partial charge in [-0.15, -0.1) is 0 Å². The van der Waals surface area contributed by atoms with Crippen LogP contribution in [0.25, 0.3) is 11.1 Å². The summed E-state index contributed by atoms with van der Waals surface area (Å²) in [6, 6.07) is 14.5. The van der Waals surface area contributed by atoms with Crippen molar-refractivity contribution in [2.24, 2.45) is 0 Å². The van der Waals surface area contributed by atoms with E-state index in [2.05, 4.69) is 56.4 Å². The number of hydrogen-bond acceptors (Lipinski definition) is 1. The molecule has 2 nitrogen and oxygen atoms in total. The van der Waals surface area contributed by atoms with Crippen molar-refractivity contribution in [3.05, 3.63) is 59.2 Å². The normalized spacial score (nSPS) is 10.7. The van der Waals surface area contributed by atoms with Crippen molar-refractivity contribution in [3.8, 4) is 11.1 Å². The van der Waals surface area contributed by atoms with Crippen molar-refractivity contribution in [1.82, 2.24) is 5.32 Å². The molecule has 0 unspecified atom stereocenters. The zero-order chi connectivity index (χ0) is 14.7. The van der Waals surface area contributed by atoms with E-state index < -0.39 is 0 Å². The highest BCUT2D eigenvalue weighted by Gasteiger charge is 2.10. The third-order valence-corrected chi connectivity index (χ3v) is 3.50. The molecular formula is C18H21NO. The standard InChI is InChI=1S/C18H21NO/c1-12(2)15-9-16(11-17(10-15)18(20)19-4)14-7-5-13(3)6-8-14/h5-12H,1-4H3,(H,19,20). The van der Waals surface area contributed by atoms with Crippen molar-refractivity contribution in [1.29, 1.82) is 0 Å². The first-order valence-corrected chi connectivity index (χ1v) is 6.95. The van der Waals surface area contributed by atoms with E-state index >= 15 is 0 Å². The Labute approximate surface area is 120 Å². The maximum absolute atomic E-state index is 11.9. The van der Waals surface area contributed by atoms with Crippen LogP contribution in [-0.4, -0.2) is 13.0 Å². The molecular weight excluding hydrogens is 246 g/mol.